The van der Waals surface area contributed by atoms with Crippen molar-refractivity contribution in [3.8, 4) is 11.8 Å². The number of carbonyl (C=O) groups is 1. The van der Waals surface area contributed by atoms with Gasteiger partial charge in [0.25, 0.3) is 0 Å². The Morgan fingerprint density at radius 3 is 2.92 bits per heavy atom. The summed E-state index contributed by atoms with van der Waals surface area (Å²) >= 11 is 0. The van der Waals surface area contributed by atoms with Gasteiger partial charge in [-0.1, -0.05) is 0 Å². The van der Waals surface area contributed by atoms with Crippen molar-refractivity contribution in [2.45, 2.75) is 39.2 Å². The molecule has 1 aliphatic heterocycles. The Kier molecular flexibility index (Phi) is 3.98. The van der Waals surface area contributed by atoms with Gasteiger partial charge in [-0.05, 0) is 20.3 Å². The van der Waals surface area contributed by atoms with E-state index in [1.807, 2.05) is 6.92 Å². The molecule has 0 spiro atoms. The Morgan fingerprint density at radius 1 is 1.62 bits per heavy atom. The molecule has 0 aromatic carbocycles. The minimum atomic E-state index is 0.113. The van der Waals surface area contributed by atoms with Crippen molar-refractivity contribution in [1.29, 1.82) is 0 Å². The molecule has 1 heterocycles. The number of ether oxygens (including phenoxy) is 1. The highest BCUT2D eigenvalue weighted by molar-refractivity contribution is 5.82. The predicted octanol–water partition coefficient (Wildman–Crippen LogP) is 1.78. The van der Waals surface area contributed by atoms with E-state index in [1.165, 1.54) is 0 Å². The monoisotopic (exact) mass is 180 g/mol. The molecule has 0 bridgehead atoms. The highest BCUT2D eigenvalue weighted by Gasteiger charge is 2.29. The van der Waals surface area contributed by atoms with Gasteiger partial charge < -0.3 is 4.74 Å². The second kappa shape index (κ2) is 5.04. The summed E-state index contributed by atoms with van der Waals surface area (Å²) in [6.45, 7) is 4.50. The average molecular weight is 180 g/mol. The number of hydrogen-bond donors (Lipinski definition) is 0. The van der Waals surface area contributed by atoms with Crippen LogP contribution in [-0.4, -0.2) is 18.5 Å². The number of Topliss-reactive ketones (excluding diaryl/α,β-unsaturated/α-hetero) is 1. The highest BCUT2D eigenvalue weighted by Crippen LogP contribution is 2.22. The third-order valence-corrected chi connectivity index (χ3v) is 2.46. The Morgan fingerprint density at radius 2 is 2.38 bits per heavy atom. The second-order valence-corrected chi connectivity index (χ2v) is 3.36. The van der Waals surface area contributed by atoms with E-state index < -0.39 is 0 Å². The molecule has 2 heteroatoms. The third kappa shape index (κ3) is 2.86. The van der Waals surface area contributed by atoms with Crippen molar-refractivity contribution in [1.82, 2.24) is 0 Å². The Hall–Kier alpha value is -0.810. The van der Waals surface area contributed by atoms with E-state index in [-0.39, 0.29) is 12.0 Å². The Labute approximate surface area is 79.7 Å². The number of rotatable bonds is 3. The fourth-order valence-corrected chi connectivity index (χ4v) is 1.65. The van der Waals surface area contributed by atoms with E-state index in [0.717, 1.165) is 13.0 Å². The van der Waals surface area contributed by atoms with E-state index in [1.54, 1.807) is 6.92 Å². The second-order valence-electron chi connectivity index (χ2n) is 3.36. The van der Waals surface area contributed by atoms with Crippen molar-refractivity contribution in [2.24, 2.45) is 5.92 Å². The molecule has 1 aliphatic rings. The van der Waals surface area contributed by atoms with Crippen LogP contribution in [0.4, 0.5) is 0 Å². The molecule has 0 saturated carbocycles. The number of carbonyl (C=O) groups excluding carboxylic acids is 1. The fraction of sp³-hybridized carbons (Fsp3) is 0.727. The summed E-state index contributed by atoms with van der Waals surface area (Å²) < 4.78 is 5.34. The third-order valence-electron chi connectivity index (χ3n) is 2.46. The summed E-state index contributed by atoms with van der Waals surface area (Å²) in [6, 6.07) is 0. The van der Waals surface area contributed by atoms with E-state index in [2.05, 4.69) is 11.8 Å². The lowest BCUT2D eigenvalue weighted by molar-refractivity contribution is -0.124. The molecule has 1 rings (SSSR count). The van der Waals surface area contributed by atoms with Gasteiger partial charge in [0.2, 0.25) is 0 Å². The van der Waals surface area contributed by atoms with Gasteiger partial charge in [-0.3, -0.25) is 4.79 Å². The molecular weight excluding hydrogens is 164 g/mol. The van der Waals surface area contributed by atoms with E-state index >= 15 is 0 Å². The zero-order valence-electron chi connectivity index (χ0n) is 8.30. The Bertz CT molecular complexity index is 234. The van der Waals surface area contributed by atoms with Crippen LogP contribution in [0.1, 0.15) is 33.1 Å². The molecule has 0 aromatic heterocycles. The van der Waals surface area contributed by atoms with Crippen molar-refractivity contribution < 1.29 is 9.53 Å². The first-order chi connectivity index (χ1) is 6.25. The molecule has 1 fully saturated rings. The molecule has 2 nitrogen and oxygen atoms in total. The lowest BCUT2D eigenvalue weighted by atomic mass is 9.94. The quantitative estimate of drug-likeness (QED) is 0.619. The van der Waals surface area contributed by atoms with Gasteiger partial charge in [-0.25, -0.2) is 0 Å². The van der Waals surface area contributed by atoms with Crippen LogP contribution in [0.15, 0.2) is 0 Å². The molecule has 0 aromatic rings. The van der Waals surface area contributed by atoms with Gasteiger partial charge in [-0.2, -0.15) is 0 Å². The van der Waals surface area contributed by atoms with Crippen LogP contribution < -0.4 is 0 Å². The van der Waals surface area contributed by atoms with Crippen LogP contribution in [0, 0.1) is 17.8 Å². The molecule has 0 radical (unpaired) electrons. The minimum Gasteiger partial charge on any atom is -0.378 e. The molecule has 0 aliphatic carbocycles. The molecule has 0 amide bonds. The number of hydrogen-bond acceptors (Lipinski definition) is 2. The fourth-order valence-electron chi connectivity index (χ4n) is 1.65. The standard InChI is InChI=1S/C11H16O2/c1-3-4-5-6-11(12)10-7-8-13-9(10)2/h9-10H,5-8H2,1-2H3. The SMILES string of the molecule is CC#CCCC(=O)C1CCOC1C. The van der Waals surface area contributed by atoms with Gasteiger partial charge >= 0.3 is 0 Å². The van der Waals surface area contributed by atoms with Crippen LogP contribution in [0.5, 0.6) is 0 Å². The molecule has 0 N–H and O–H groups in total. The maximum Gasteiger partial charge on any atom is 0.139 e. The van der Waals surface area contributed by atoms with Gasteiger partial charge in [-0.15, -0.1) is 11.8 Å². The largest absolute Gasteiger partial charge is 0.378 e. The molecule has 2 atom stereocenters. The molecule has 13 heavy (non-hydrogen) atoms. The van der Waals surface area contributed by atoms with Gasteiger partial charge in [0.15, 0.2) is 0 Å². The van der Waals surface area contributed by atoms with E-state index in [0.29, 0.717) is 18.6 Å². The maximum atomic E-state index is 11.6. The van der Waals surface area contributed by atoms with Crippen molar-refractivity contribution in [3.63, 3.8) is 0 Å². The molecule has 2 unspecified atom stereocenters. The minimum absolute atomic E-state index is 0.113. The maximum absolute atomic E-state index is 11.6. The summed E-state index contributed by atoms with van der Waals surface area (Å²) in [4.78, 5) is 11.6. The zero-order valence-corrected chi connectivity index (χ0v) is 8.30. The molecular formula is C11H16O2. The first kappa shape index (κ1) is 10.3. The van der Waals surface area contributed by atoms with Crippen molar-refractivity contribution in [3.05, 3.63) is 0 Å². The van der Waals surface area contributed by atoms with E-state index in [9.17, 15) is 4.79 Å². The van der Waals surface area contributed by atoms with E-state index in [4.69, 9.17) is 4.74 Å². The lowest BCUT2D eigenvalue weighted by Crippen LogP contribution is -2.21. The number of ketones is 1. The zero-order chi connectivity index (χ0) is 9.68. The Balaban J connectivity index is 2.33. The lowest BCUT2D eigenvalue weighted by Gasteiger charge is -2.11. The smallest absolute Gasteiger partial charge is 0.139 e. The van der Waals surface area contributed by atoms with Crippen molar-refractivity contribution >= 4 is 5.78 Å². The van der Waals surface area contributed by atoms with Gasteiger partial charge in [0.1, 0.15) is 5.78 Å². The van der Waals surface area contributed by atoms with Crippen LogP contribution in [-0.2, 0) is 9.53 Å². The summed E-state index contributed by atoms with van der Waals surface area (Å²) in [5.74, 6) is 6.13. The van der Waals surface area contributed by atoms with Crippen LogP contribution in [0.25, 0.3) is 0 Å². The van der Waals surface area contributed by atoms with Crippen LogP contribution in [0.2, 0.25) is 0 Å². The average Bonchev–Trinajstić information content (AvgIpc) is 2.52. The van der Waals surface area contributed by atoms with Crippen LogP contribution >= 0.6 is 0 Å². The first-order valence-electron chi connectivity index (χ1n) is 4.79. The summed E-state index contributed by atoms with van der Waals surface area (Å²) in [7, 11) is 0. The highest BCUT2D eigenvalue weighted by atomic mass is 16.5. The first-order valence-corrected chi connectivity index (χ1v) is 4.79. The molecule has 1 saturated heterocycles. The summed E-state index contributed by atoms with van der Waals surface area (Å²) in [5, 5.41) is 0. The summed E-state index contributed by atoms with van der Waals surface area (Å²) in [5.41, 5.74) is 0. The summed E-state index contributed by atoms with van der Waals surface area (Å²) in [6.07, 6.45) is 2.28. The van der Waals surface area contributed by atoms with Crippen LogP contribution in [0.3, 0.4) is 0 Å². The predicted molar refractivity (Wildman–Crippen MR) is 51.2 cm³/mol. The van der Waals surface area contributed by atoms with Crippen molar-refractivity contribution in [2.75, 3.05) is 6.61 Å². The topological polar surface area (TPSA) is 26.3 Å². The van der Waals surface area contributed by atoms with Gasteiger partial charge in [0.05, 0.1) is 6.10 Å². The normalized spacial score (nSPS) is 26.6. The van der Waals surface area contributed by atoms with Gasteiger partial charge in [0, 0.05) is 25.4 Å². The molecule has 72 valence electrons.